The van der Waals surface area contributed by atoms with Gasteiger partial charge in [0.1, 0.15) is 5.75 Å². The molecule has 1 aliphatic rings. The van der Waals surface area contributed by atoms with Gasteiger partial charge >= 0.3 is 0 Å². The first-order valence-electron chi connectivity index (χ1n) is 10.9. The van der Waals surface area contributed by atoms with Crippen molar-refractivity contribution >= 4 is 28.5 Å². The predicted molar refractivity (Wildman–Crippen MR) is 121 cm³/mol. The summed E-state index contributed by atoms with van der Waals surface area (Å²) < 4.78 is 1.79. The highest BCUT2D eigenvalue weighted by molar-refractivity contribution is 6.06. The molecular weight excluding hydrogens is 408 g/mol. The Labute approximate surface area is 186 Å². The minimum absolute atomic E-state index is 0.0820. The third-order valence-electron chi connectivity index (χ3n) is 6.08. The van der Waals surface area contributed by atoms with E-state index in [0.29, 0.717) is 24.3 Å². The summed E-state index contributed by atoms with van der Waals surface area (Å²) >= 11 is 0. The number of anilines is 1. The summed E-state index contributed by atoms with van der Waals surface area (Å²) in [4.78, 5) is 29.1. The van der Waals surface area contributed by atoms with E-state index in [1.54, 1.807) is 41.3 Å². The number of amides is 2. The number of primary amides is 1. The fraction of sp³-hybridized carbons (Fsp3) is 0.391. The molecule has 2 amide bonds. The molecule has 1 saturated carbocycles. The second kappa shape index (κ2) is 9.25. The van der Waals surface area contributed by atoms with Crippen LogP contribution in [0.1, 0.15) is 48.5 Å². The predicted octanol–water partition coefficient (Wildman–Crippen LogP) is 2.54. The Hall–Kier alpha value is -3.62. The number of aryl methyl sites for hydroxylation is 1. The van der Waals surface area contributed by atoms with Crippen LogP contribution in [0.5, 0.6) is 5.75 Å². The molecule has 5 N–H and O–H groups in total. The molecule has 0 bridgehead atoms. The number of phenols is 1. The number of rotatable bonds is 7. The lowest BCUT2D eigenvalue weighted by Gasteiger charge is -2.29. The molecule has 1 aliphatic carbocycles. The van der Waals surface area contributed by atoms with Crippen molar-refractivity contribution in [3.05, 3.63) is 47.8 Å². The first kappa shape index (κ1) is 21.6. The van der Waals surface area contributed by atoms with Gasteiger partial charge in [0.25, 0.3) is 5.91 Å². The molecule has 1 aromatic carbocycles. The summed E-state index contributed by atoms with van der Waals surface area (Å²) in [5.41, 5.74) is 8.22. The normalized spacial score (nSPS) is 18.4. The third kappa shape index (κ3) is 4.51. The maximum Gasteiger partial charge on any atom is 0.255 e. The van der Waals surface area contributed by atoms with E-state index in [1.165, 1.54) is 0 Å². The van der Waals surface area contributed by atoms with Crippen molar-refractivity contribution in [2.45, 2.75) is 51.7 Å². The standard InChI is InChI=1S/C23H28N6O3/c1-2-29-22-18(13-27-29)20(28-16-7-5-15(6-8-16)21(24)31)19(12-25-22)23(32)26-11-14-3-9-17(30)10-4-14/h3-4,9-10,12-13,15-16,30H,2,5-8,11H2,1H3,(H2,24,31)(H,25,28)(H,26,32). The topological polar surface area (TPSA) is 135 Å². The first-order chi connectivity index (χ1) is 15.5. The minimum atomic E-state index is -0.245. The van der Waals surface area contributed by atoms with Crippen molar-refractivity contribution in [2.24, 2.45) is 11.7 Å². The zero-order chi connectivity index (χ0) is 22.7. The monoisotopic (exact) mass is 436 g/mol. The van der Waals surface area contributed by atoms with Gasteiger partial charge in [0.05, 0.1) is 22.8 Å². The Morgan fingerprint density at radius 1 is 1.16 bits per heavy atom. The first-order valence-corrected chi connectivity index (χ1v) is 10.9. The number of aromatic hydroxyl groups is 1. The molecule has 0 aliphatic heterocycles. The summed E-state index contributed by atoms with van der Waals surface area (Å²) in [6.07, 6.45) is 6.39. The number of pyridine rings is 1. The van der Waals surface area contributed by atoms with Gasteiger partial charge in [-0.15, -0.1) is 0 Å². The highest BCUT2D eigenvalue weighted by Gasteiger charge is 2.27. The summed E-state index contributed by atoms with van der Waals surface area (Å²) in [7, 11) is 0. The average Bonchev–Trinajstić information content (AvgIpc) is 3.23. The van der Waals surface area contributed by atoms with Gasteiger partial charge in [0, 0.05) is 31.2 Å². The summed E-state index contributed by atoms with van der Waals surface area (Å²) in [6, 6.07) is 6.83. The van der Waals surface area contributed by atoms with Crippen molar-refractivity contribution in [1.82, 2.24) is 20.1 Å². The van der Waals surface area contributed by atoms with Gasteiger partial charge in [-0.05, 0) is 50.3 Å². The molecule has 32 heavy (non-hydrogen) atoms. The molecule has 4 rings (SSSR count). The van der Waals surface area contributed by atoms with Crippen LogP contribution in [-0.4, -0.2) is 37.7 Å². The van der Waals surface area contributed by atoms with Gasteiger partial charge in [0.15, 0.2) is 5.65 Å². The van der Waals surface area contributed by atoms with Gasteiger partial charge in [-0.1, -0.05) is 12.1 Å². The van der Waals surface area contributed by atoms with Crippen molar-refractivity contribution < 1.29 is 14.7 Å². The number of aromatic nitrogens is 3. The molecule has 9 heteroatoms. The molecule has 0 spiro atoms. The second-order valence-corrected chi connectivity index (χ2v) is 8.19. The molecule has 2 aromatic heterocycles. The van der Waals surface area contributed by atoms with Crippen LogP contribution in [0.15, 0.2) is 36.7 Å². The zero-order valence-corrected chi connectivity index (χ0v) is 18.0. The maximum absolute atomic E-state index is 13.1. The number of nitrogens with zero attached hydrogens (tertiary/aromatic N) is 3. The zero-order valence-electron chi connectivity index (χ0n) is 18.0. The van der Waals surface area contributed by atoms with Crippen LogP contribution in [-0.2, 0) is 17.9 Å². The van der Waals surface area contributed by atoms with Gasteiger partial charge < -0.3 is 21.5 Å². The van der Waals surface area contributed by atoms with E-state index in [1.807, 2.05) is 6.92 Å². The highest BCUT2D eigenvalue weighted by atomic mass is 16.3. The van der Waals surface area contributed by atoms with Crippen molar-refractivity contribution in [1.29, 1.82) is 0 Å². The van der Waals surface area contributed by atoms with E-state index in [4.69, 9.17) is 5.73 Å². The smallest absolute Gasteiger partial charge is 0.255 e. The fourth-order valence-electron chi connectivity index (χ4n) is 4.20. The van der Waals surface area contributed by atoms with Crippen LogP contribution < -0.4 is 16.4 Å². The van der Waals surface area contributed by atoms with Crippen LogP contribution in [0.25, 0.3) is 11.0 Å². The number of nitrogens with two attached hydrogens (primary N) is 1. The Bertz CT molecular complexity index is 1120. The Morgan fingerprint density at radius 2 is 1.88 bits per heavy atom. The lowest BCUT2D eigenvalue weighted by Crippen LogP contribution is -2.33. The van der Waals surface area contributed by atoms with E-state index in [2.05, 4.69) is 20.7 Å². The van der Waals surface area contributed by atoms with Crippen molar-refractivity contribution in [3.8, 4) is 5.75 Å². The molecule has 168 valence electrons. The van der Waals surface area contributed by atoms with Gasteiger partial charge in [-0.2, -0.15) is 5.10 Å². The number of carbonyl (C=O) groups excluding carboxylic acids is 2. The number of benzene rings is 1. The number of hydrogen-bond acceptors (Lipinski definition) is 6. The molecule has 0 saturated heterocycles. The summed E-state index contributed by atoms with van der Waals surface area (Å²) in [6.45, 7) is 2.99. The SMILES string of the molecule is CCn1ncc2c(NC3CCC(C(N)=O)CC3)c(C(=O)NCc3ccc(O)cc3)cnc21. The van der Waals surface area contributed by atoms with E-state index < -0.39 is 0 Å². The molecule has 9 nitrogen and oxygen atoms in total. The van der Waals surface area contributed by atoms with Crippen molar-refractivity contribution in [2.75, 3.05) is 5.32 Å². The largest absolute Gasteiger partial charge is 0.508 e. The molecule has 0 unspecified atom stereocenters. The van der Waals surface area contributed by atoms with E-state index in [-0.39, 0.29) is 29.5 Å². The molecule has 1 fully saturated rings. The lowest BCUT2D eigenvalue weighted by atomic mass is 9.85. The number of nitrogens with one attached hydrogen (secondary N) is 2. The average molecular weight is 437 g/mol. The number of phenolic OH excluding ortho intramolecular Hbond substituents is 1. The number of hydrogen-bond donors (Lipinski definition) is 4. The Balaban J connectivity index is 1.58. The minimum Gasteiger partial charge on any atom is -0.508 e. The quantitative estimate of drug-likeness (QED) is 0.449. The fourth-order valence-corrected chi connectivity index (χ4v) is 4.20. The lowest BCUT2D eigenvalue weighted by molar-refractivity contribution is -0.122. The molecular formula is C23H28N6O3. The third-order valence-corrected chi connectivity index (χ3v) is 6.08. The van der Waals surface area contributed by atoms with Crippen LogP contribution in [0.3, 0.4) is 0 Å². The van der Waals surface area contributed by atoms with Crippen LogP contribution in [0.2, 0.25) is 0 Å². The molecule has 0 radical (unpaired) electrons. The van der Waals surface area contributed by atoms with Crippen LogP contribution >= 0.6 is 0 Å². The Morgan fingerprint density at radius 3 is 2.53 bits per heavy atom. The van der Waals surface area contributed by atoms with E-state index >= 15 is 0 Å². The van der Waals surface area contributed by atoms with Crippen LogP contribution in [0, 0.1) is 5.92 Å². The Kier molecular flexibility index (Phi) is 6.25. The number of carbonyl (C=O) groups is 2. The van der Waals surface area contributed by atoms with Gasteiger partial charge in [0.2, 0.25) is 5.91 Å². The molecule has 3 aromatic rings. The highest BCUT2D eigenvalue weighted by Crippen LogP contribution is 2.31. The summed E-state index contributed by atoms with van der Waals surface area (Å²) in [5.74, 6) is -0.389. The maximum atomic E-state index is 13.1. The molecule has 0 atom stereocenters. The van der Waals surface area contributed by atoms with Crippen molar-refractivity contribution in [3.63, 3.8) is 0 Å². The molecule has 2 heterocycles. The van der Waals surface area contributed by atoms with E-state index in [9.17, 15) is 14.7 Å². The number of fused-ring (bicyclic) bond motifs is 1. The van der Waals surface area contributed by atoms with Crippen LogP contribution in [0.4, 0.5) is 5.69 Å². The van der Waals surface area contributed by atoms with Gasteiger partial charge in [-0.25, -0.2) is 9.67 Å². The van der Waals surface area contributed by atoms with E-state index in [0.717, 1.165) is 42.3 Å². The van der Waals surface area contributed by atoms with Gasteiger partial charge in [-0.3, -0.25) is 9.59 Å². The second-order valence-electron chi connectivity index (χ2n) is 8.19. The summed E-state index contributed by atoms with van der Waals surface area (Å²) in [5, 5.41) is 21.1.